The number of rotatable bonds is 1. The highest BCUT2D eigenvalue weighted by Crippen LogP contribution is 3.04. The summed E-state index contributed by atoms with van der Waals surface area (Å²) in [5.74, 6) is 24.9. The van der Waals surface area contributed by atoms with Crippen LogP contribution in [0, 0.1) is 118 Å². The highest BCUT2D eigenvalue weighted by molar-refractivity contribution is 5.47. The average Bonchev–Trinajstić information content (AvgIpc) is 3.18. The number of hydrogen-bond donors (Lipinski definition) is 0. The van der Waals surface area contributed by atoms with Crippen molar-refractivity contribution < 1.29 is 0 Å². The van der Waals surface area contributed by atoms with Crippen LogP contribution in [0.4, 0.5) is 0 Å². The van der Waals surface area contributed by atoms with Gasteiger partial charge in [-0.3, -0.25) is 0 Å². The van der Waals surface area contributed by atoms with Crippen LogP contribution in [0.3, 0.4) is 0 Å². The van der Waals surface area contributed by atoms with Gasteiger partial charge in [0.05, 0.1) is 0 Å². The highest BCUT2D eigenvalue weighted by Gasteiger charge is 3.01. The first-order valence-corrected chi connectivity index (χ1v) is 10.9. The molecule has 12 saturated carbocycles. The monoisotopic (exact) mass is 288 g/mol. The molecule has 0 aliphatic heterocycles. The van der Waals surface area contributed by atoms with E-state index in [4.69, 9.17) is 0 Å². The van der Waals surface area contributed by atoms with Crippen molar-refractivity contribution in [2.24, 2.45) is 118 Å². The summed E-state index contributed by atoms with van der Waals surface area (Å²) >= 11 is 0. The van der Waals surface area contributed by atoms with Crippen LogP contribution in [0.25, 0.3) is 0 Å². The molecule has 12 aliphatic rings. The Morgan fingerprint density at radius 2 is 0.636 bits per heavy atom. The Morgan fingerprint density at radius 3 is 0.864 bits per heavy atom. The van der Waals surface area contributed by atoms with Crippen LogP contribution in [-0.4, -0.2) is 0 Å². The Bertz CT molecular complexity index is 620. The van der Waals surface area contributed by atoms with Crippen LogP contribution < -0.4 is 0 Å². The molecule has 12 fully saturated rings. The van der Waals surface area contributed by atoms with Crippen LogP contribution in [0.2, 0.25) is 0 Å². The maximum Gasteiger partial charge on any atom is -0.0198 e. The summed E-state index contributed by atoms with van der Waals surface area (Å²) in [6.07, 6.45) is 1.61. The van der Waals surface area contributed by atoms with Crippen molar-refractivity contribution in [3.05, 3.63) is 0 Å². The second-order valence-corrected chi connectivity index (χ2v) is 12.3. The zero-order chi connectivity index (χ0) is 13.2. The minimum absolute atomic E-state index is 0.943. The van der Waals surface area contributed by atoms with Crippen molar-refractivity contribution in [1.29, 1.82) is 0 Å². The molecular weight excluding hydrogens is 264 g/mol. The Hall–Kier alpha value is 0. The molecule has 0 N–H and O–H groups in total. The van der Waals surface area contributed by atoms with Crippen LogP contribution in [-0.2, 0) is 0 Å². The second kappa shape index (κ2) is 2.05. The summed E-state index contributed by atoms with van der Waals surface area (Å²) in [5.41, 5.74) is 0.943. The fourth-order valence-corrected chi connectivity index (χ4v) is 16.4. The van der Waals surface area contributed by atoms with Crippen LogP contribution in [0.5, 0.6) is 0 Å². The Balaban J connectivity index is 1.46. The van der Waals surface area contributed by atoms with Gasteiger partial charge in [-0.05, 0) is 124 Å². The Kier molecular flexibility index (Phi) is 0.883. The Morgan fingerprint density at radius 1 is 0.409 bits per heavy atom. The predicted molar refractivity (Wildman–Crippen MR) is 79.0 cm³/mol. The van der Waals surface area contributed by atoms with E-state index in [0.717, 1.165) is 5.41 Å². The van der Waals surface area contributed by atoms with Crippen molar-refractivity contribution >= 4 is 0 Å². The van der Waals surface area contributed by atoms with Gasteiger partial charge in [-0.25, -0.2) is 0 Å². The topological polar surface area (TPSA) is 0 Å². The van der Waals surface area contributed by atoms with E-state index in [9.17, 15) is 0 Å². The lowest BCUT2D eigenvalue weighted by atomic mass is 9.65. The molecule has 0 aromatic rings. The van der Waals surface area contributed by atoms with E-state index >= 15 is 0 Å². The van der Waals surface area contributed by atoms with Gasteiger partial charge in [-0.2, -0.15) is 0 Å². The summed E-state index contributed by atoms with van der Waals surface area (Å²) in [7, 11) is 0. The normalized spacial score (nSPS) is 103. The summed E-state index contributed by atoms with van der Waals surface area (Å²) in [6, 6.07) is 0. The van der Waals surface area contributed by atoms with E-state index in [1.54, 1.807) is 6.42 Å². The van der Waals surface area contributed by atoms with Crippen LogP contribution in [0.15, 0.2) is 0 Å². The van der Waals surface area contributed by atoms with Gasteiger partial charge in [0.1, 0.15) is 0 Å². The van der Waals surface area contributed by atoms with E-state index in [2.05, 4.69) is 6.92 Å². The zero-order valence-electron chi connectivity index (χ0n) is 13.2. The van der Waals surface area contributed by atoms with Crippen molar-refractivity contribution in [3.63, 3.8) is 0 Å². The third-order valence-electron chi connectivity index (χ3n) is 14.3. The molecule has 0 heterocycles. The van der Waals surface area contributed by atoms with Gasteiger partial charge >= 0.3 is 0 Å². The van der Waals surface area contributed by atoms with E-state index in [1.807, 2.05) is 0 Å². The molecule has 0 saturated heterocycles. The highest BCUT2D eigenvalue weighted by atomic mass is 15.1. The Labute approximate surface area is 131 Å². The molecule has 0 aromatic carbocycles. The fraction of sp³-hybridized carbons (Fsp3) is 1.00. The summed E-state index contributed by atoms with van der Waals surface area (Å²) < 4.78 is 0. The quantitative estimate of drug-likeness (QED) is 0.695. The van der Waals surface area contributed by atoms with Crippen molar-refractivity contribution in [3.8, 4) is 0 Å². The van der Waals surface area contributed by atoms with E-state index in [1.165, 1.54) is 112 Å². The first-order chi connectivity index (χ1) is 10.9. The van der Waals surface area contributed by atoms with Crippen LogP contribution in [0.1, 0.15) is 13.3 Å². The van der Waals surface area contributed by atoms with Crippen LogP contribution >= 0.6 is 0 Å². The molecule has 22 heavy (non-hydrogen) atoms. The molecule has 0 spiro atoms. The molecular formula is C22H24. The third kappa shape index (κ3) is 0.434. The van der Waals surface area contributed by atoms with E-state index in [0.29, 0.717) is 0 Å². The van der Waals surface area contributed by atoms with Crippen molar-refractivity contribution in [1.82, 2.24) is 0 Å². The molecule has 12 aliphatic carbocycles. The molecule has 0 nitrogen and oxygen atoms in total. The zero-order valence-corrected chi connectivity index (χ0v) is 13.2. The van der Waals surface area contributed by atoms with Gasteiger partial charge in [-0.15, -0.1) is 0 Å². The molecule has 112 valence electrons. The van der Waals surface area contributed by atoms with Gasteiger partial charge in [0.25, 0.3) is 0 Å². The van der Waals surface area contributed by atoms with Gasteiger partial charge in [0.2, 0.25) is 0 Å². The van der Waals surface area contributed by atoms with E-state index < -0.39 is 0 Å². The SMILES string of the molecule is CCC12C3C4C5C6C7C8C5C3C3C8C5C7C7C6C4C1C7C5C32. The van der Waals surface area contributed by atoms with Crippen molar-refractivity contribution in [2.45, 2.75) is 13.3 Å². The van der Waals surface area contributed by atoms with Gasteiger partial charge in [0.15, 0.2) is 0 Å². The second-order valence-electron chi connectivity index (χ2n) is 12.3. The van der Waals surface area contributed by atoms with Gasteiger partial charge in [0, 0.05) is 0 Å². The molecule has 12 unspecified atom stereocenters. The molecule has 12 atom stereocenters. The first kappa shape index (κ1) is 9.47. The molecule has 0 heteroatoms. The first-order valence-electron chi connectivity index (χ1n) is 10.9. The molecule has 0 aromatic heterocycles. The summed E-state index contributed by atoms with van der Waals surface area (Å²) in [6.45, 7) is 2.66. The van der Waals surface area contributed by atoms with Gasteiger partial charge < -0.3 is 0 Å². The molecule has 0 radical (unpaired) electrons. The maximum atomic E-state index is 2.66. The lowest BCUT2D eigenvalue weighted by molar-refractivity contribution is 0.0784. The third-order valence-corrected chi connectivity index (χ3v) is 14.3. The standard InChI is InChI=1S/C22H24/c1-2-22-19-13-7-4-3-5-9(7)15(19)17-11(5)12-6(3)10-8(4)14(13)20(22)16(10)18(12)21(17)22/h3-21H,2H2,1H3. The van der Waals surface area contributed by atoms with E-state index in [-0.39, 0.29) is 0 Å². The smallest absolute Gasteiger partial charge is 0.0198 e. The molecule has 0 amide bonds. The lowest BCUT2D eigenvalue weighted by Crippen LogP contribution is -2.35. The minimum atomic E-state index is 0.943. The fourth-order valence-electron chi connectivity index (χ4n) is 16.4. The van der Waals surface area contributed by atoms with Gasteiger partial charge in [-0.1, -0.05) is 6.92 Å². The predicted octanol–water partition coefficient (Wildman–Crippen LogP) is 3.24. The average molecular weight is 288 g/mol. The minimum Gasteiger partial charge on any atom is -0.0648 e. The largest absolute Gasteiger partial charge is 0.0648 e. The van der Waals surface area contributed by atoms with Crippen molar-refractivity contribution in [2.75, 3.05) is 0 Å². The summed E-state index contributed by atoms with van der Waals surface area (Å²) in [4.78, 5) is 0. The number of hydrogen-bond acceptors (Lipinski definition) is 0. The summed E-state index contributed by atoms with van der Waals surface area (Å²) in [5, 5.41) is 0. The molecule has 12 rings (SSSR count). The lowest BCUT2D eigenvalue weighted by Gasteiger charge is -2.39. The molecule has 0 bridgehead atoms. The maximum absolute atomic E-state index is 2.66.